The molecular formula is C14H17F3N4O. The second kappa shape index (κ2) is 5.73. The summed E-state index contributed by atoms with van der Waals surface area (Å²) in [6.07, 6.45) is 1.11. The Morgan fingerprint density at radius 3 is 2.73 bits per heavy atom. The molecule has 0 bridgehead atoms. The highest BCUT2D eigenvalue weighted by atomic mass is 19.4. The average Bonchev–Trinajstić information content (AvgIpc) is 3.13. The van der Waals surface area contributed by atoms with Crippen LogP contribution in [0.3, 0.4) is 0 Å². The first-order chi connectivity index (χ1) is 10.4. The fraction of sp³-hybridized carbons (Fsp3) is 0.643. The number of nitrogens with zero attached hydrogens (tertiary/aromatic N) is 3. The van der Waals surface area contributed by atoms with Crippen LogP contribution in [-0.4, -0.2) is 26.8 Å². The number of carbonyl (C=O) groups excluding carboxylic acids is 1. The van der Waals surface area contributed by atoms with Gasteiger partial charge < -0.3 is 9.88 Å². The first kappa shape index (κ1) is 15.1. The lowest BCUT2D eigenvalue weighted by atomic mass is 9.97. The van der Waals surface area contributed by atoms with Crippen molar-refractivity contribution in [2.24, 2.45) is 11.8 Å². The molecule has 120 valence electrons. The number of hydrogen-bond acceptors (Lipinski definition) is 3. The summed E-state index contributed by atoms with van der Waals surface area (Å²) in [6.45, 7) is 0.446. The van der Waals surface area contributed by atoms with Crippen LogP contribution in [0.2, 0.25) is 0 Å². The molecule has 0 saturated heterocycles. The summed E-state index contributed by atoms with van der Waals surface area (Å²) in [4.78, 5) is 11.9. The van der Waals surface area contributed by atoms with Gasteiger partial charge in [0, 0.05) is 18.9 Å². The van der Waals surface area contributed by atoms with Crippen LogP contribution in [0, 0.1) is 11.8 Å². The Morgan fingerprint density at radius 1 is 1.32 bits per heavy atom. The van der Waals surface area contributed by atoms with Gasteiger partial charge in [0.25, 0.3) is 0 Å². The molecular weight excluding hydrogens is 297 g/mol. The molecule has 1 aromatic heterocycles. The molecule has 0 saturated carbocycles. The molecule has 8 heteroatoms. The highest BCUT2D eigenvalue weighted by molar-refractivity contribution is 5.79. The zero-order chi connectivity index (χ0) is 15.7. The maximum absolute atomic E-state index is 12.7. The third-order valence-corrected chi connectivity index (χ3v) is 4.30. The zero-order valence-electron chi connectivity index (χ0n) is 11.9. The normalized spacial score (nSPS) is 21.9. The topological polar surface area (TPSA) is 59.8 Å². The molecule has 0 spiro atoms. The number of hydrogen-bond donors (Lipinski definition) is 1. The molecule has 1 aliphatic carbocycles. The van der Waals surface area contributed by atoms with Crippen LogP contribution < -0.4 is 5.32 Å². The molecule has 1 atom stereocenters. The minimum Gasteiger partial charge on any atom is -0.349 e. The minimum absolute atomic E-state index is 0.0298. The monoisotopic (exact) mass is 314 g/mol. The molecule has 1 aromatic rings. The molecule has 0 aromatic carbocycles. The maximum Gasteiger partial charge on any atom is 0.392 e. The van der Waals surface area contributed by atoms with Crippen LogP contribution in [-0.2, 0) is 24.3 Å². The summed E-state index contributed by atoms with van der Waals surface area (Å²) in [7, 11) is 0. The first-order valence-corrected chi connectivity index (χ1v) is 7.35. The fourth-order valence-corrected chi connectivity index (χ4v) is 2.94. The number of alkyl halides is 3. The van der Waals surface area contributed by atoms with Crippen molar-refractivity contribution in [3.63, 3.8) is 0 Å². The van der Waals surface area contributed by atoms with Crippen molar-refractivity contribution in [2.75, 3.05) is 0 Å². The van der Waals surface area contributed by atoms with Crippen LogP contribution in [0.1, 0.15) is 30.9 Å². The van der Waals surface area contributed by atoms with Crippen molar-refractivity contribution in [1.29, 1.82) is 0 Å². The highest BCUT2D eigenvalue weighted by Crippen LogP contribution is 2.34. The number of allylic oxidation sites excluding steroid dienone is 2. The summed E-state index contributed by atoms with van der Waals surface area (Å²) in [5, 5.41) is 10.6. The van der Waals surface area contributed by atoms with Crippen molar-refractivity contribution < 1.29 is 18.0 Å². The Balaban J connectivity index is 1.61. The number of carbonyl (C=O) groups is 1. The summed E-state index contributed by atoms with van der Waals surface area (Å²) < 4.78 is 39.9. The number of aromatic nitrogens is 3. The molecule has 22 heavy (non-hydrogen) atoms. The van der Waals surface area contributed by atoms with Gasteiger partial charge in [-0.25, -0.2) is 0 Å². The predicted octanol–water partition coefficient (Wildman–Crippen LogP) is 1.99. The molecule has 5 nitrogen and oxygen atoms in total. The van der Waals surface area contributed by atoms with E-state index >= 15 is 0 Å². The quantitative estimate of drug-likeness (QED) is 0.868. The van der Waals surface area contributed by atoms with Gasteiger partial charge in [0.05, 0.1) is 12.5 Å². The van der Waals surface area contributed by atoms with E-state index in [9.17, 15) is 18.0 Å². The predicted molar refractivity (Wildman–Crippen MR) is 71.6 cm³/mol. The van der Waals surface area contributed by atoms with Gasteiger partial charge in [0.1, 0.15) is 5.82 Å². The average molecular weight is 314 g/mol. The number of rotatable bonds is 3. The lowest BCUT2D eigenvalue weighted by Crippen LogP contribution is -2.33. The van der Waals surface area contributed by atoms with Crippen molar-refractivity contribution >= 4 is 5.91 Å². The van der Waals surface area contributed by atoms with Gasteiger partial charge in [0.2, 0.25) is 5.91 Å². The standard InChI is InChI=1S/C14H17F3N4O/c15-14(16,17)10-5-6-21-11(7-10)19-20-12(21)8-18-13(22)9-3-1-2-4-9/h1-2,9-10H,3-8H2,(H,18,22)/t10-/m1/s1. The Morgan fingerprint density at radius 2 is 2.05 bits per heavy atom. The van der Waals surface area contributed by atoms with E-state index in [2.05, 4.69) is 15.5 Å². The van der Waals surface area contributed by atoms with Crippen LogP contribution in [0.4, 0.5) is 13.2 Å². The van der Waals surface area contributed by atoms with E-state index in [-0.39, 0.29) is 37.8 Å². The van der Waals surface area contributed by atoms with E-state index in [0.29, 0.717) is 11.6 Å². The van der Waals surface area contributed by atoms with Crippen LogP contribution in [0.15, 0.2) is 12.2 Å². The summed E-state index contributed by atoms with van der Waals surface area (Å²) in [5.41, 5.74) is 0. The molecule has 2 heterocycles. The number of fused-ring (bicyclic) bond motifs is 1. The smallest absolute Gasteiger partial charge is 0.349 e. The molecule has 0 unspecified atom stereocenters. The fourth-order valence-electron chi connectivity index (χ4n) is 2.94. The zero-order valence-corrected chi connectivity index (χ0v) is 11.9. The lowest BCUT2D eigenvalue weighted by Gasteiger charge is -2.25. The lowest BCUT2D eigenvalue weighted by molar-refractivity contribution is -0.179. The maximum atomic E-state index is 12.7. The summed E-state index contributed by atoms with van der Waals surface area (Å²) >= 11 is 0. The third-order valence-electron chi connectivity index (χ3n) is 4.30. The van der Waals surface area contributed by atoms with Crippen LogP contribution >= 0.6 is 0 Å². The van der Waals surface area contributed by atoms with Gasteiger partial charge in [-0.1, -0.05) is 12.2 Å². The number of halogens is 3. The Kier molecular flexibility index (Phi) is 3.92. The van der Waals surface area contributed by atoms with E-state index in [4.69, 9.17) is 0 Å². The van der Waals surface area contributed by atoms with Crippen molar-refractivity contribution in [3.8, 4) is 0 Å². The number of nitrogens with one attached hydrogen (secondary N) is 1. The summed E-state index contributed by atoms with van der Waals surface area (Å²) in [5.74, 6) is -0.573. The van der Waals surface area contributed by atoms with Crippen molar-refractivity contribution in [1.82, 2.24) is 20.1 Å². The van der Waals surface area contributed by atoms with Crippen molar-refractivity contribution in [3.05, 3.63) is 23.8 Å². The van der Waals surface area contributed by atoms with E-state index < -0.39 is 12.1 Å². The molecule has 1 N–H and O–H groups in total. The van der Waals surface area contributed by atoms with Crippen LogP contribution in [0.5, 0.6) is 0 Å². The van der Waals surface area contributed by atoms with Gasteiger partial charge in [0.15, 0.2) is 5.82 Å². The Bertz CT molecular complexity index is 585. The van der Waals surface area contributed by atoms with Gasteiger partial charge in [-0.3, -0.25) is 4.79 Å². The molecule has 0 radical (unpaired) electrons. The second-order valence-electron chi connectivity index (χ2n) is 5.77. The SMILES string of the molecule is O=C(NCc1nnc2n1CC[C@@H](C(F)(F)F)C2)C1CC=CC1. The third kappa shape index (κ3) is 3.00. The van der Waals surface area contributed by atoms with Crippen molar-refractivity contribution in [2.45, 2.75) is 44.9 Å². The highest BCUT2D eigenvalue weighted by Gasteiger charge is 2.42. The van der Waals surface area contributed by atoms with E-state index in [1.165, 1.54) is 0 Å². The van der Waals surface area contributed by atoms with Gasteiger partial charge >= 0.3 is 6.18 Å². The van der Waals surface area contributed by atoms with E-state index in [1.54, 1.807) is 4.57 Å². The van der Waals surface area contributed by atoms with E-state index in [1.807, 2.05) is 12.2 Å². The largest absolute Gasteiger partial charge is 0.392 e. The van der Waals surface area contributed by atoms with Crippen LogP contribution in [0.25, 0.3) is 0 Å². The molecule has 1 aliphatic heterocycles. The van der Waals surface area contributed by atoms with Gasteiger partial charge in [-0.15, -0.1) is 10.2 Å². The first-order valence-electron chi connectivity index (χ1n) is 7.35. The number of amides is 1. The van der Waals surface area contributed by atoms with E-state index in [0.717, 1.165) is 12.8 Å². The second-order valence-corrected chi connectivity index (χ2v) is 5.77. The Hall–Kier alpha value is -1.86. The molecule has 2 aliphatic rings. The van der Waals surface area contributed by atoms with Gasteiger partial charge in [-0.2, -0.15) is 13.2 Å². The molecule has 3 rings (SSSR count). The minimum atomic E-state index is -4.19. The summed E-state index contributed by atoms with van der Waals surface area (Å²) in [6, 6.07) is 0. The Labute approximate surface area is 125 Å². The molecule has 0 fully saturated rings. The van der Waals surface area contributed by atoms with Gasteiger partial charge in [-0.05, 0) is 19.3 Å². The molecule has 1 amide bonds.